The van der Waals surface area contributed by atoms with Crippen LogP contribution in [-0.4, -0.2) is 48.9 Å². The standard InChI is InChI=1S/C16H15NO.C15H13NO.C3H7NO/c1-13(12-18)17-16(14-8-4-2-5-9-14)15-10-6-3-7-11-15;17-12-11-16-15(13-7-3-1-4-8-13)14-9-5-2-6-10-14;1-3(4)2-5/h2-13H,1H3;1-10,12H,11H2;2-3H,4H2,1H3. The fourth-order valence-corrected chi connectivity index (χ4v) is 3.41. The Morgan fingerprint density at radius 3 is 1.20 bits per heavy atom. The molecule has 0 radical (unpaired) electrons. The number of benzene rings is 4. The van der Waals surface area contributed by atoms with Crippen LogP contribution in [0, 0.1) is 0 Å². The summed E-state index contributed by atoms with van der Waals surface area (Å²) in [6.07, 6.45) is 2.36. The molecule has 40 heavy (non-hydrogen) atoms. The molecule has 4 aromatic rings. The van der Waals surface area contributed by atoms with E-state index >= 15 is 0 Å². The van der Waals surface area contributed by atoms with Crippen LogP contribution in [0.5, 0.6) is 0 Å². The molecule has 0 aliphatic rings. The molecule has 0 bridgehead atoms. The van der Waals surface area contributed by atoms with Crippen molar-refractivity contribution in [3.05, 3.63) is 144 Å². The second kappa shape index (κ2) is 18.4. The van der Waals surface area contributed by atoms with Crippen LogP contribution >= 0.6 is 0 Å². The zero-order chi connectivity index (χ0) is 29.0. The van der Waals surface area contributed by atoms with Gasteiger partial charge in [-0.1, -0.05) is 121 Å². The van der Waals surface area contributed by atoms with Crippen LogP contribution in [0.3, 0.4) is 0 Å². The average molecular weight is 534 g/mol. The number of rotatable bonds is 9. The molecular formula is C34H35N3O3. The highest BCUT2D eigenvalue weighted by Gasteiger charge is 2.08. The van der Waals surface area contributed by atoms with E-state index in [1.807, 2.05) is 121 Å². The minimum atomic E-state index is -0.333. The van der Waals surface area contributed by atoms with E-state index in [9.17, 15) is 14.4 Å². The molecule has 0 amide bonds. The lowest BCUT2D eigenvalue weighted by Crippen LogP contribution is -2.15. The topological polar surface area (TPSA) is 102 Å². The van der Waals surface area contributed by atoms with Crippen molar-refractivity contribution in [1.82, 2.24) is 0 Å². The van der Waals surface area contributed by atoms with E-state index in [0.29, 0.717) is 6.29 Å². The first kappa shape index (κ1) is 31.4. The highest BCUT2D eigenvalue weighted by Crippen LogP contribution is 2.12. The molecule has 0 aliphatic heterocycles. The average Bonchev–Trinajstić information content (AvgIpc) is 3.02. The van der Waals surface area contributed by atoms with Crippen LogP contribution in [0.15, 0.2) is 131 Å². The van der Waals surface area contributed by atoms with E-state index in [1.165, 1.54) is 0 Å². The molecule has 204 valence electrons. The molecule has 2 atom stereocenters. The molecule has 0 saturated heterocycles. The monoisotopic (exact) mass is 533 g/mol. The maximum atomic E-state index is 10.8. The second-order valence-corrected chi connectivity index (χ2v) is 8.67. The van der Waals surface area contributed by atoms with Gasteiger partial charge in [0, 0.05) is 22.3 Å². The Balaban J connectivity index is 0.000000241. The van der Waals surface area contributed by atoms with Gasteiger partial charge in [-0.05, 0) is 13.8 Å². The Labute approximate surface area is 236 Å². The molecule has 0 fully saturated rings. The van der Waals surface area contributed by atoms with E-state index in [0.717, 1.165) is 46.2 Å². The minimum Gasteiger partial charge on any atom is -0.322 e. The van der Waals surface area contributed by atoms with Crippen molar-refractivity contribution in [3.63, 3.8) is 0 Å². The highest BCUT2D eigenvalue weighted by molar-refractivity contribution is 6.13. The molecule has 0 aromatic heterocycles. The van der Waals surface area contributed by atoms with Gasteiger partial charge in [0.2, 0.25) is 0 Å². The number of carbonyl (C=O) groups excluding carboxylic acids is 3. The van der Waals surface area contributed by atoms with E-state index in [2.05, 4.69) is 9.98 Å². The third kappa shape index (κ3) is 11.3. The van der Waals surface area contributed by atoms with Gasteiger partial charge in [0.05, 0.1) is 24.0 Å². The molecule has 0 saturated carbocycles. The number of hydrogen-bond acceptors (Lipinski definition) is 6. The van der Waals surface area contributed by atoms with Gasteiger partial charge in [0.25, 0.3) is 0 Å². The molecule has 0 aliphatic carbocycles. The summed E-state index contributed by atoms with van der Waals surface area (Å²) < 4.78 is 0. The van der Waals surface area contributed by atoms with Crippen molar-refractivity contribution in [2.45, 2.75) is 25.9 Å². The van der Waals surface area contributed by atoms with Crippen LogP contribution < -0.4 is 5.73 Å². The number of aliphatic imine (C=N–C) groups is 2. The lowest BCUT2D eigenvalue weighted by Gasteiger charge is -2.08. The Kier molecular flexibility index (Phi) is 14.5. The lowest BCUT2D eigenvalue weighted by molar-refractivity contribution is -0.109. The van der Waals surface area contributed by atoms with Crippen molar-refractivity contribution in [1.29, 1.82) is 0 Å². The molecule has 4 rings (SSSR count). The van der Waals surface area contributed by atoms with Gasteiger partial charge < -0.3 is 20.1 Å². The third-order valence-electron chi connectivity index (χ3n) is 5.26. The third-order valence-corrected chi connectivity index (χ3v) is 5.26. The molecule has 2 N–H and O–H groups in total. The first-order valence-electron chi connectivity index (χ1n) is 12.9. The predicted octanol–water partition coefficient (Wildman–Crippen LogP) is 5.37. The number of nitrogens with two attached hydrogens (primary N) is 1. The molecule has 4 aromatic carbocycles. The van der Waals surface area contributed by atoms with Crippen molar-refractivity contribution >= 4 is 30.3 Å². The van der Waals surface area contributed by atoms with Gasteiger partial charge in [-0.2, -0.15) is 0 Å². The number of carbonyl (C=O) groups is 3. The largest absolute Gasteiger partial charge is 0.322 e. The molecule has 6 nitrogen and oxygen atoms in total. The fourth-order valence-electron chi connectivity index (χ4n) is 3.41. The van der Waals surface area contributed by atoms with Crippen LogP contribution in [-0.2, 0) is 14.4 Å². The SMILES string of the molecule is CC(C=O)N=C(c1ccccc1)c1ccccc1.CC(N)C=O.O=CCN=C(c1ccccc1)c1ccccc1. The number of nitrogens with zero attached hydrogens (tertiary/aromatic N) is 2. The smallest absolute Gasteiger partial charge is 0.144 e. The van der Waals surface area contributed by atoms with Gasteiger partial charge in [-0.15, -0.1) is 0 Å². The molecule has 6 heteroatoms. The quantitative estimate of drug-likeness (QED) is 0.231. The molecule has 0 heterocycles. The van der Waals surface area contributed by atoms with Gasteiger partial charge in [0.15, 0.2) is 0 Å². The van der Waals surface area contributed by atoms with E-state index in [1.54, 1.807) is 13.8 Å². The Morgan fingerprint density at radius 2 is 0.925 bits per heavy atom. The normalized spacial score (nSPS) is 11.1. The van der Waals surface area contributed by atoms with Crippen molar-refractivity contribution in [3.8, 4) is 0 Å². The van der Waals surface area contributed by atoms with Gasteiger partial charge in [-0.3, -0.25) is 9.98 Å². The predicted molar refractivity (Wildman–Crippen MR) is 163 cm³/mol. The molecular weight excluding hydrogens is 498 g/mol. The van der Waals surface area contributed by atoms with Crippen LogP contribution in [0.25, 0.3) is 0 Å². The first-order valence-corrected chi connectivity index (χ1v) is 12.9. The van der Waals surface area contributed by atoms with Crippen LogP contribution in [0.2, 0.25) is 0 Å². The van der Waals surface area contributed by atoms with E-state index < -0.39 is 0 Å². The Bertz CT molecular complexity index is 1260. The minimum absolute atomic E-state index is 0.194. The van der Waals surface area contributed by atoms with E-state index in [-0.39, 0.29) is 18.6 Å². The summed E-state index contributed by atoms with van der Waals surface area (Å²) in [5.74, 6) is 0. The van der Waals surface area contributed by atoms with Crippen molar-refractivity contribution in [2.75, 3.05) is 6.54 Å². The summed E-state index contributed by atoms with van der Waals surface area (Å²) in [5, 5.41) is 0. The maximum absolute atomic E-state index is 10.8. The summed E-state index contributed by atoms with van der Waals surface area (Å²) in [6, 6.07) is 39.0. The highest BCUT2D eigenvalue weighted by atomic mass is 16.1. The molecule has 2 unspecified atom stereocenters. The molecule has 0 spiro atoms. The van der Waals surface area contributed by atoms with Gasteiger partial charge in [-0.25, -0.2) is 0 Å². The first-order chi connectivity index (χ1) is 19.5. The fraction of sp³-hybridized carbons (Fsp3) is 0.147. The lowest BCUT2D eigenvalue weighted by atomic mass is 10.0. The van der Waals surface area contributed by atoms with Crippen molar-refractivity contribution < 1.29 is 14.4 Å². The van der Waals surface area contributed by atoms with Gasteiger partial charge in [0.1, 0.15) is 24.9 Å². The zero-order valence-corrected chi connectivity index (χ0v) is 22.8. The number of hydrogen-bond donors (Lipinski definition) is 1. The van der Waals surface area contributed by atoms with Crippen LogP contribution in [0.1, 0.15) is 36.1 Å². The summed E-state index contributed by atoms with van der Waals surface area (Å²) in [7, 11) is 0. The summed E-state index contributed by atoms with van der Waals surface area (Å²) in [6.45, 7) is 3.62. The Hall–Kier alpha value is -4.81. The number of aldehydes is 3. The second-order valence-electron chi connectivity index (χ2n) is 8.67. The summed E-state index contributed by atoms with van der Waals surface area (Å²) >= 11 is 0. The summed E-state index contributed by atoms with van der Waals surface area (Å²) in [5.41, 5.74) is 10.7. The zero-order valence-electron chi connectivity index (χ0n) is 22.8. The van der Waals surface area contributed by atoms with E-state index in [4.69, 9.17) is 5.73 Å². The summed E-state index contributed by atoms with van der Waals surface area (Å²) in [4.78, 5) is 39.5. The van der Waals surface area contributed by atoms with Crippen molar-refractivity contribution in [2.24, 2.45) is 15.7 Å². The maximum Gasteiger partial charge on any atom is 0.144 e. The van der Waals surface area contributed by atoms with Gasteiger partial charge >= 0.3 is 0 Å². The Morgan fingerprint density at radius 1 is 0.600 bits per heavy atom. The van der Waals surface area contributed by atoms with Crippen LogP contribution in [0.4, 0.5) is 0 Å².